The highest BCUT2D eigenvalue weighted by molar-refractivity contribution is 8.00. The monoisotopic (exact) mass is 234 g/mol. The van der Waals surface area contributed by atoms with E-state index in [0.717, 1.165) is 24.2 Å². The SMILES string of the molecule is CCCCSC1CCc2ccccc2C1=O. The normalized spacial score (nSPS) is 19.6. The van der Waals surface area contributed by atoms with Gasteiger partial charge in [0, 0.05) is 5.56 Å². The van der Waals surface area contributed by atoms with E-state index in [1.54, 1.807) is 0 Å². The van der Waals surface area contributed by atoms with Crippen molar-refractivity contribution >= 4 is 17.5 Å². The first kappa shape index (κ1) is 11.7. The molecule has 0 aromatic heterocycles. The Kier molecular flexibility index (Phi) is 4.05. The maximum atomic E-state index is 12.2. The summed E-state index contributed by atoms with van der Waals surface area (Å²) in [6.07, 6.45) is 4.51. The Morgan fingerprint density at radius 1 is 1.38 bits per heavy atom. The lowest BCUT2D eigenvalue weighted by atomic mass is 9.90. The number of ketones is 1. The van der Waals surface area contributed by atoms with E-state index in [2.05, 4.69) is 13.0 Å². The highest BCUT2D eigenvalue weighted by Gasteiger charge is 2.26. The molecule has 1 atom stereocenters. The molecule has 1 unspecified atom stereocenters. The fourth-order valence-electron chi connectivity index (χ4n) is 2.10. The van der Waals surface area contributed by atoms with Gasteiger partial charge in [-0.15, -0.1) is 0 Å². The Hall–Kier alpha value is -0.760. The van der Waals surface area contributed by atoms with Crippen molar-refractivity contribution in [2.45, 2.75) is 37.9 Å². The van der Waals surface area contributed by atoms with Gasteiger partial charge in [0.2, 0.25) is 0 Å². The molecule has 0 saturated heterocycles. The third-order valence-electron chi connectivity index (χ3n) is 3.07. The first-order valence-corrected chi connectivity index (χ1v) is 7.11. The van der Waals surface area contributed by atoms with Gasteiger partial charge in [0.25, 0.3) is 0 Å². The van der Waals surface area contributed by atoms with Crippen LogP contribution in [0.4, 0.5) is 0 Å². The van der Waals surface area contributed by atoms with Crippen molar-refractivity contribution in [1.29, 1.82) is 0 Å². The van der Waals surface area contributed by atoms with E-state index in [-0.39, 0.29) is 5.25 Å². The van der Waals surface area contributed by atoms with Crippen molar-refractivity contribution in [3.8, 4) is 0 Å². The predicted molar refractivity (Wildman–Crippen MR) is 70.2 cm³/mol. The number of unbranched alkanes of at least 4 members (excludes halogenated alkanes) is 1. The molecule has 16 heavy (non-hydrogen) atoms. The van der Waals surface area contributed by atoms with Crippen LogP contribution in [0.15, 0.2) is 24.3 Å². The first-order valence-electron chi connectivity index (χ1n) is 6.06. The zero-order chi connectivity index (χ0) is 11.4. The Balaban J connectivity index is 2.03. The summed E-state index contributed by atoms with van der Waals surface area (Å²) in [5.74, 6) is 1.47. The van der Waals surface area contributed by atoms with Crippen LogP contribution >= 0.6 is 11.8 Å². The molecule has 0 heterocycles. The average molecular weight is 234 g/mol. The van der Waals surface area contributed by atoms with Crippen LogP contribution in [0.1, 0.15) is 42.1 Å². The predicted octanol–water partition coefficient (Wildman–Crippen LogP) is 3.72. The summed E-state index contributed by atoms with van der Waals surface area (Å²) < 4.78 is 0. The smallest absolute Gasteiger partial charge is 0.176 e. The number of hydrogen-bond acceptors (Lipinski definition) is 2. The van der Waals surface area contributed by atoms with Crippen LogP contribution < -0.4 is 0 Å². The standard InChI is InChI=1S/C14H18OS/c1-2-3-10-16-13-9-8-11-6-4-5-7-12(11)14(13)15/h4-7,13H,2-3,8-10H2,1H3. The lowest BCUT2D eigenvalue weighted by Crippen LogP contribution is -2.25. The van der Waals surface area contributed by atoms with Crippen molar-refractivity contribution in [2.24, 2.45) is 0 Å². The van der Waals surface area contributed by atoms with Gasteiger partial charge in [-0.2, -0.15) is 11.8 Å². The molecule has 0 amide bonds. The molecule has 1 aromatic rings. The minimum atomic E-state index is 0.210. The largest absolute Gasteiger partial charge is 0.293 e. The van der Waals surface area contributed by atoms with Gasteiger partial charge in [-0.25, -0.2) is 0 Å². The minimum absolute atomic E-state index is 0.210. The van der Waals surface area contributed by atoms with Crippen LogP contribution in [0.2, 0.25) is 0 Å². The number of carbonyl (C=O) groups excluding carboxylic acids is 1. The van der Waals surface area contributed by atoms with Crippen molar-refractivity contribution in [2.75, 3.05) is 5.75 Å². The lowest BCUT2D eigenvalue weighted by molar-refractivity contribution is 0.0979. The van der Waals surface area contributed by atoms with Crippen molar-refractivity contribution in [1.82, 2.24) is 0 Å². The second kappa shape index (κ2) is 5.53. The van der Waals surface area contributed by atoms with Crippen LogP contribution in [0, 0.1) is 0 Å². The maximum Gasteiger partial charge on any atom is 0.176 e. The van der Waals surface area contributed by atoms with E-state index >= 15 is 0 Å². The molecular formula is C14H18OS. The Labute approximate surface area is 102 Å². The Bertz CT molecular complexity index is 373. The molecule has 1 nitrogen and oxygen atoms in total. The first-order chi connectivity index (χ1) is 7.83. The second-order valence-corrected chi connectivity index (χ2v) is 5.58. The molecule has 1 aliphatic rings. The van der Waals surface area contributed by atoms with Crippen LogP contribution in [-0.4, -0.2) is 16.8 Å². The molecule has 0 bridgehead atoms. The summed E-state index contributed by atoms with van der Waals surface area (Å²) in [6.45, 7) is 2.19. The summed E-state index contributed by atoms with van der Waals surface area (Å²) in [6, 6.07) is 8.05. The summed E-state index contributed by atoms with van der Waals surface area (Å²) in [5.41, 5.74) is 2.20. The average Bonchev–Trinajstić information content (AvgIpc) is 2.33. The molecule has 0 saturated carbocycles. The van der Waals surface area contributed by atoms with Crippen molar-refractivity contribution in [3.63, 3.8) is 0 Å². The second-order valence-electron chi connectivity index (χ2n) is 4.27. The number of aryl methyl sites for hydroxylation is 1. The van der Waals surface area contributed by atoms with Gasteiger partial charge < -0.3 is 0 Å². The van der Waals surface area contributed by atoms with Crippen LogP contribution in [0.5, 0.6) is 0 Å². The zero-order valence-electron chi connectivity index (χ0n) is 9.74. The van der Waals surface area contributed by atoms with E-state index in [1.165, 1.54) is 18.4 Å². The minimum Gasteiger partial charge on any atom is -0.293 e. The third kappa shape index (κ3) is 2.49. The summed E-state index contributed by atoms with van der Waals surface area (Å²) in [7, 11) is 0. The molecule has 0 aliphatic heterocycles. The summed E-state index contributed by atoms with van der Waals surface area (Å²) >= 11 is 1.84. The number of Topliss-reactive ketones (excluding diaryl/α,β-unsaturated/α-hetero) is 1. The maximum absolute atomic E-state index is 12.2. The molecule has 2 rings (SSSR count). The van der Waals surface area contributed by atoms with E-state index in [9.17, 15) is 4.79 Å². The van der Waals surface area contributed by atoms with Crippen molar-refractivity contribution < 1.29 is 4.79 Å². The Morgan fingerprint density at radius 3 is 3.00 bits per heavy atom. The summed E-state index contributed by atoms with van der Waals surface area (Å²) in [4.78, 5) is 12.2. The van der Waals surface area contributed by atoms with Gasteiger partial charge >= 0.3 is 0 Å². The molecule has 0 fully saturated rings. The number of carbonyl (C=O) groups is 1. The highest BCUT2D eigenvalue weighted by Crippen LogP contribution is 2.29. The van der Waals surface area contributed by atoms with Gasteiger partial charge in [-0.1, -0.05) is 37.6 Å². The molecule has 2 heteroatoms. The van der Waals surface area contributed by atoms with Crippen LogP contribution in [0.25, 0.3) is 0 Å². The molecule has 1 aliphatic carbocycles. The molecule has 86 valence electrons. The van der Waals surface area contributed by atoms with Gasteiger partial charge in [0.15, 0.2) is 5.78 Å². The molecule has 0 N–H and O–H groups in total. The van der Waals surface area contributed by atoms with Crippen molar-refractivity contribution in [3.05, 3.63) is 35.4 Å². The topological polar surface area (TPSA) is 17.1 Å². The number of benzene rings is 1. The molecular weight excluding hydrogens is 216 g/mol. The number of hydrogen-bond donors (Lipinski definition) is 0. The molecule has 0 spiro atoms. The van der Waals surface area contributed by atoms with E-state index in [1.807, 2.05) is 30.0 Å². The number of rotatable bonds is 4. The fraction of sp³-hybridized carbons (Fsp3) is 0.500. The third-order valence-corrected chi connectivity index (χ3v) is 4.44. The van der Waals surface area contributed by atoms with Gasteiger partial charge in [0.05, 0.1) is 5.25 Å². The zero-order valence-corrected chi connectivity index (χ0v) is 10.6. The van der Waals surface area contributed by atoms with E-state index in [4.69, 9.17) is 0 Å². The highest BCUT2D eigenvalue weighted by atomic mass is 32.2. The number of thioether (sulfide) groups is 1. The van der Waals surface area contributed by atoms with Gasteiger partial charge in [-0.3, -0.25) is 4.79 Å². The number of fused-ring (bicyclic) bond motifs is 1. The quantitative estimate of drug-likeness (QED) is 0.739. The van der Waals surface area contributed by atoms with Crippen LogP contribution in [-0.2, 0) is 6.42 Å². The molecule has 0 radical (unpaired) electrons. The Morgan fingerprint density at radius 2 is 2.19 bits per heavy atom. The van der Waals surface area contributed by atoms with E-state index in [0.29, 0.717) is 5.78 Å². The molecule has 1 aromatic carbocycles. The summed E-state index contributed by atoms with van der Waals surface area (Å²) in [5, 5.41) is 0.210. The lowest BCUT2D eigenvalue weighted by Gasteiger charge is -2.22. The fourth-order valence-corrected chi connectivity index (χ4v) is 3.40. The van der Waals surface area contributed by atoms with E-state index < -0.39 is 0 Å². The van der Waals surface area contributed by atoms with Gasteiger partial charge in [-0.05, 0) is 30.6 Å². The van der Waals surface area contributed by atoms with Crippen LogP contribution in [0.3, 0.4) is 0 Å². The van der Waals surface area contributed by atoms with Gasteiger partial charge in [0.1, 0.15) is 0 Å².